The van der Waals surface area contributed by atoms with Crippen molar-refractivity contribution in [3.8, 4) is 6.07 Å². The summed E-state index contributed by atoms with van der Waals surface area (Å²) in [6.07, 6.45) is 4.23. The van der Waals surface area contributed by atoms with Gasteiger partial charge in [0.25, 0.3) is 0 Å². The van der Waals surface area contributed by atoms with E-state index in [1.165, 1.54) is 16.5 Å². The predicted molar refractivity (Wildman–Crippen MR) is 111 cm³/mol. The van der Waals surface area contributed by atoms with Crippen LogP contribution >= 0.6 is 0 Å². The van der Waals surface area contributed by atoms with Crippen molar-refractivity contribution in [2.75, 3.05) is 18.4 Å². The monoisotopic (exact) mass is 372 g/mol. The van der Waals surface area contributed by atoms with Gasteiger partial charge in [0.05, 0.1) is 17.7 Å². The van der Waals surface area contributed by atoms with Gasteiger partial charge >= 0.3 is 0 Å². The van der Waals surface area contributed by atoms with Gasteiger partial charge in [0, 0.05) is 22.8 Å². The molecule has 0 radical (unpaired) electrons. The number of nitrogens with one attached hydrogen (secondary N) is 2. The number of hydrogen-bond acceptors (Lipinski definition) is 3. The van der Waals surface area contributed by atoms with Crippen LogP contribution < -0.4 is 5.32 Å². The second kappa shape index (κ2) is 7.87. The maximum Gasteiger partial charge on any atom is 0.241 e. The second-order valence-electron chi connectivity index (χ2n) is 7.46. The fraction of sp³-hybridized carbons (Fsp3) is 0.304. The van der Waals surface area contributed by atoms with Crippen molar-refractivity contribution < 1.29 is 4.79 Å². The summed E-state index contributed by atoms with van der Waals surface area (Å²) in [4.78, 5) is 18.3. The summed E-state index contributed by atoms with van der Waals surface area (Å²) in [7, 11) is 0. The number of likely N-dealkylation sites (tertiary alicyclic amines) is 1. The van der Waals surface area contributed by atoms with E-state index in [1.54, 1.807) is 18.2 Å². The molecule has 1 aliphatic heterocycles. The van der Waals surface area contributed by atoms with Crippen LogP contribution in [0.25, 0.3) is 10.9 Å². The van der Waals surface area contributed by atoms with Crippen LogP contribution in [0, 0.1) is 11.3 Å². The number of fused-ring (bicyclic) bond motifs is 1. The quantitative estimate of drug-likeness (QED) is 0.719. The molecule has 2 heterocycles. The molecule has 4 rings (SSSR count). The zero-order chi connectivity index (χ0) is 19.5. The van der Waals surface area contributed by atoms with Crippen LogP contribution in [-0.4, -0.2) is 34.9 Å². The fourth-order valence-corrected chi connectivity index (χ4v) is 4.11. The number of nitriles is 1. The Hall–Kier alpha value is -3.10. The molecule has 28 heavy (non-hydrogen) atoms. The molecule has 0 spiro atoms. The van der Waals surface area contributed by atoms with Gasteiger partial charge in [-0.15, -0.1) is 0 Å². The van der Waals surface area contributed by atoms with Crippen molar-refractivity contribution in [3.05, 3.63) is 65.9 Å². The van der Waals surface area contributed by atoms with Gasteiger partial charge in [-0.1, -0.05) is 24.3 Å². The molecule has 142 valence electrons. The van der Waals surface area contributed by atoms with Crippen LogP contribution in [-0.2, 0) is 4.79 Å². The first-order valence-electron chi connectivity index (χ1n) is 9.77. The van der Waals surface area contributed by atoms with E-state index in [9.17, 15) is 4.79 Å². The van der Waals surface area contributed by atoms with Crippen molar-refractivity contribution in [2.45, 2.75) is 31.7 Å². The molecule has 2 aromatic carbocycles. The number of aromatic amines is 1. The highest BCUT2D eigenvalue weighted by Crippen LogP contribution is 2.33. The van der Waals surface area contributed by atoms with E-state index in [4.69, 9.17) is 5.26 Å². The van der Waals surface area contributed by atoms with Gasteiger partial charge in [-0.25, -0.2) is 0 Å². The van der Waals surface area contributed by atoms with Crippen LogP contribution in [0.15, 0.2) is 54.7 Å². The summed E-state index contributed by atoms with van der Waals surface area (Å²) in [5.41, 5.74) is 3.79. The molecule has 0 unspecified atom stereocenters. The van der Waals surface area contributed by atoms with Gasteiger partial charge < -0.3 is 10.3 Å². The molecular formula is C23H24N4O. The lowest BCUT2D eigenvalue weighted by Crippen LogP contribution is -2.45. The Labute approximate surface area is 165 Å². The maximum absolute atomic E-state index is 12.7. The maximum atomic E-state index is 12.7. The van der Waals surface area contributed by atoms with Crippen molar-refractivity contribution in [1.82, 2.24) is 9.88 Å². The molecule has 5 heteroatoms. The summed E-state index contributed by atoms with van der Waals surface area (Å²) in [5.74, 6) is 0.496. The molecule has 1 atom stereocenters. The standard InChI is InChI=1S/C23H24N4O/c1-16(23(28)26-19-6-4-5-17(13-19)14-24)27-11-9-18(10-12-27)21-15-25-22-8-3-2-7-20(21)22/h2-8,13,15-16,18,25H,9-12H2,1H3,(H,26,28)/t16-/m0/s1. The molecule has 1 amide bonds. The number of carbonyl (C=O) groups is 1. The van der Waals surface area contributed by atoms with Crippen molar-refractivity contribution in [2.24, 2.45) is 0 Å². The molecule has 0 saturated carbocycles. The lowest BCUT2D eigenvalue weighted by Gasteiger charge is -2.35. The third-order valence-corrected chi connectivity index (χ3v) is 5.78. The summed E-state index contributed by atoms with van der Waals surface area (Å²) in [6.45, 7) is 3.75. The zero-order valence-corrected chi connectivity index (χ0v) is 16.0. The number of benzene rings is 2. The number of nitrogens with zero attached hydrogens (tertiary/aromatic N) is 2. The average molecular weight is 372 g/mol. The summed E-state index contributed by atoms with van der Waals surface area (Å²) >= 11 is 0. The SMILES string of the molecule is C[C@@H](C(=O)Nc1cccc(C#N)c1)N1CCC(c2c[nH]c3ccccc23)CC1. The Kier molecular flexibility index (Phi) is 5.14. The Morgan fingerprint density at radius 2 is 2.00 bits per heavy atom. The molecule has 1 fully saturated rings. The number of hydrogen-bond donors (Lipinski definition) is 2. The molecule has 2 N–H and O–H groups in total. The molecule has 1 aromatic heterocycles. The molecule has 0 aliphatic carbocycles. The Morgan fingerprint density at radius 3 is 2.79 bits per heavy atom. The van der Waals surface area contributed by atoms with Gasteiger partial charge in [0.15, 0.2) is 0 Å². The lowest BCUT2D eigenvalue weighted by atomic mass is 9.88. The van der Waals surface area contributed by atoms with Gasteiger partial charge in [-0.2, -0.15) is 5.26 Å². The summed E-state index contributed by atoms with van der Waals surface area (Å²) in [6, 6.07) is 17.4. The van der Waals surface area contributed by atoms with E-state index in [2.05, 4.69) is 51.7 Å². The molecule has 0 bridgehead atoms. The smallest absolute Gasteiger partial charge is 0.241 e. The van der Waals surface area contributed by atoms with Crippen molar-refractivity contribution >= 4 is 22.5 Å². The Bertz CT molecular complexity index is 1020. The number of para-hydroxylation sites is 1. The van der Waals surface area contributed by atoms with E-state index >= 15 is 0 Å². The Balaban J connectivity index is 1.37. The molecule has 1 saturated heterocycles. The van der Waals surface area contributed by atoms with E-state index < -0.39 is 0 Å². The minimum atomic E-state index is -0.199. The van der Waals surface area contributed by atoms with Crippen molar-refractivity contribution in [1.29, 1.82) is 5.26 Å². The van der Waals surface area contributed by atoms with Gasteiger partial charge in [0.2, 0.25) is 5.91 Å². The highest BCUT2D eigenvalue weighted by Gasteiger charge is 2.28. The van der Waals surface area contributed by atoms with Crippen molar-refractivity contribution in [3.63, 3.8) is 0 Å². The lowest BCUT2D eigenvalue weighted by molar-refractivity contribution is -0.121. The number of H-pyrrole nitrogens is 1. The number of amides is 1. The zero-order valence-electron chi connectivity index (χ0n) is 16.0. The molecule has 1 aliphatic rings. The molecule has 5 nitrogen and oxygen atoms in total. The number of rotatable bonds is 4. The van der Waals surface area contributed by atoms with E-state index in [0.29, 0.717) is 17.2 Å². The number of carbonyl (C=O) groups excluding carboxylic acids is 1. The summed E-state index contributed by atoms with van der Waals surface area (Å²) in [5, 5.41) is 13.3. The van der Waals surface area contributed by atoms with Crippen LogP contribution in [0.5, 0.6) is 0 Å². The van der Waals surface area contributed by atoms with Crippen LogP contribution in [0.3, 0.4) is 0 Å². The summed E-state index contributed by atoms with van der Waals surface area (Å²) < 4.78 is 0. The van der Waals surface area contributed by atoms with E-state index in [1.807, 2.05) is 13.0 Å². The fourth-order valence-electron chi connectivity index (χ4n) is 4.11. The highest BCUT2D eigenvalue weighted by atomic mass is 16.2. The van der Waals surface area contributed by atoms with Crippen LogP contribution in [0.2, 0.25) is 0 Å². The second-order valence-corrected chi connectivity index (χ2v) is 7.46. The number of piperidine rings is 1. The van der Waals surface area contributed by atoms with Crippen LogP contribution in [0.1, 0.15) is 36.8 Å². The minimum absolute atomic E-state index is 0.0272. The normalized spacial score (nSPS) is 16.6. The average Bonchev–Trinajstić information content (AvgIpc) is 3.17. The van der Waals surface area contributed by atoms with Gasteiger partial charge in [-0.3, -0.25) is 9.69 Å². The van der Waals surface area contributed by atoms with Gasteiger partial charge in [0.1, 0.15) is 0 Å². The number of anilines is 1. The minimum Gasteiger partial charge on any atom is -0.361 e. The first-order chi connectivity index (χ1) is 13.7. The third kappa shape index (κ3) is 3.64. The van der Waals surface area contributed by atoms with E-state index in [0.717, 1.165) is 25.9 Å². The molecular weight excluding hydrogens is 348 g/mol. The number of aromatic nitrogens is 1. The Morgan fingerprint density at radius 1 is 1.21 bits per heavy atom. The third-order valence-electron chi connectivity index (χ3n) is 5.78. The molecule has 3 aromatic rings. The predicted octanol–water partition coefficient (Wildman–Crippen LogP) is 4.25. The van der Waals surface area contributed by atoms with Crippen LogP contribution in [0.4, 0.5) is 5.69 Å². The van der Waals surface area contributed by atoms with Gasteiger partial charge in [-0.05, 0) is 68.6 Å². The largest absolute Gasteiger partial charge is 0.361 e. The first kappa shape index (κ1) is 18.3. The highest BCUT2D eigenvalue weighted by molar-refractivity contribution is 5.94. The van der Waals surface area contributed by atoms with E-state index in [-0.39, 0.29) is 11.9 Å². The first-order valence-corrected chi connectivity index (χ1v) is 9.77. The topological polar surface area (TPSA) is 71.9 Å².